The van der Waals surface area contributed by atoms with Gasteiger partial charge in [0.1, 0.15) is 5.75 Å². The maximum atomic E-state index is 10.1. The fourth-order valence-corrected chi connectivity index (χ4v) is 5.50. The molecule has 3 rings (SSSR count). The van der Waals surface area contributed by atoms with E-state index in [4.69, 9.17) is 9.47 Å². The molecule has 0 aromatic heterocycles. The van der Waals surface area contributed by atoms with Crippen molar-refractivity contribution >= 4 is 57.6 Å². The van der Waals surface area contributed by atoms with Crippen molar-refractivity contribution < 1.29 is 14.6 Å². The quantitative estimate of drug-likeness (QED) is 0.519. The van der Waals surface area contributed by atoms with Crippen molar-refractivity contribution in [2.75, 3.05) is 20.8 Å². The maximum absolute atomic E-state index is 10.1. The first-order chi connectivity index (χ1) is 11.5. The second-order valence-electron chi connectivity index (χ2n) is 5.78. The Balaban J connectivity index is 0.00000225. The van der Waals surface area contributed by atoms with E-state index in [9.17, 15) is 5.11 Å². The van der Waals surface area contributed by atoms with Crippen LogP contribution in [0.25, 0.3) is 0 Å². The van der Waals surface area contributed by atoms with Gasteiger partial charge in [-0.3, -0.25) is 0 Å². The van der Waals surface area contributed by atoms with Gasteiger partial charge in [0.05, 0.1) is 21.4 Å². The van der Waals surface area contributed by atoms with E-state index in [1.54, 1.807) is 14.2 Å². The Morgan fingerprint density at radius 1 is 1.12 bits per heavy atom. The van der Waals surface area contributed by atoms with Gasteiger partial charge in [-0.25, -0.2) is 0 Å². The third kappa shape index (κ3) is 4.45. The highest BCUT2D eigenvalue weighted by Gasteiger charge is 2.23. The normalized spacial score (nSPS) is 15.9. The molecule has 1 aliphatic heterocycles. The Bertz CT molecular complexity index is 747. The third-order valence-electron chi connectivity index (χ3n) is 4.30. The van der Waals surface area contributed by atoms with Crippen molar-refractivity contribution in [1.29, 1.82) is 0 Å². The topological polar surface area (TPSA) is 50.7 Å². The first-order valence-corrected chi connectivity index (χ1v) is 9.84. The number of ether oxygens (including phenoxy) is 2. The lowest BCUT2D eigenvalue weighted by molar-refractivity contribution is 0.370. The largest absolute Gasteiger partial charge is 0.504 e. The summed E-state index contributed by atoms with van der Waals surface area (Å²) < 4.78 is 12.9. The molecule has 0 unspecified atom stereocenters. The number of phenolic OH excluding ortho intramolecular Hbond substituents is 1. The van der Waals surface area contributed by atoms with Gasteiger partial charge in [-0.2, -0.15) is 0 Å². The van der Waals surface area contributed by atoms with Crippen LogP contribution >= 0.6 is 57.6 Å². The van der Waals surface area contributed by atoms with E-state index in [1.165, 1.54) is 11.1 Å². The molecule has 0 saturated heterocycles. The summed E-state index contributed by atoms with van der Waals surface area (Å²) in [7, 11) is 3.29. The van der Waals surface area contributed by atoms with Gasteiger partial charge in [-0.05, 0) is 106 Å². The highest BCUT2D eigenvalue weighted by Crippen LogP contribution is 2.36. The highest BCUT2D eigenvalue weighted by atomic mass is 127. The average molecular weight is 588 g/mol. The molecule has 25 heavy (non-hydrogen) atoms. The second-order valence-corrected chi connectivity index (χ2v) is 8.10. The molecule has 0 amide bonds. The predicted octanol–water partition coefficient (Wildman–Crippen LogP) is 4.47. The van der Waals surface area contributed by atoms with Gasteiger partial charge in [-0.1, -0.05) is 0 Å². The van der Waals surface area contributed by atoms with Crippen LogP contribution in [0, 0.1) is 7.14 Å². The van der Waals surface area contributed by atoms with Crippen molar-refractivity contribution in [1.82, 2.24) is 5.32 Å². The number of benzene rings is 2. The van der Waals surface area contributed by atoms with Crippen LogP contribution in [-0.4, -0.2) is 25.9 Å². The number of methoxy groups -OCH3 is 2. The van der Waals surface area contributed by atoms with Crippen LogP contribution in [0.4, 0.5) is 0 Å². The summed E-state index contributed by atoms with van der Waals surface area (Å²) in [5.74, 6) is 1.67. The summed E-state index contributed by atoms with van der Waals surface area (Å²) in [4.78, 5) is 0. The molecule has 0 aliphatic carbocycles. The molecule has 2 aromatic rings. The molecule has 0 saturated carbocycles. The lowest BCUT2D eigenvalue weighted by atomic mass is 9.90. The number of phenols is 1. The minimum Gasteiger partial charge on any atom is -0.504 e. The van der Waals surface area contributed by atoms with E-state index >= 15 is 0 Å². The number of aromatic hydroxyl groups is 1. The Labute approximate surface area is 181 Å². The van der Waals surface area contributed by atoms with Crippen molar-refractivity contribution in [3.8, 4) is 17.2 Å². The van der Waals surface area contributed by atoms with Crippen molar-refractivity contribution in [3.05, 3.63) is 48.1 Å². The molecule has 2 N–H and O–H groups in total. The highest BCUT2D eigenvalue weighted by molar-refractivity contribution is 14.1. The molecular formula is C18H20ClI2NO3. The van der Waals surface area contributed by atoms with Crippen molar-refractivity contribution in [2.24, 2.45) is 0 Å². The minimum atomic E-state index is 0. The molecule has 7 heteroatoms. The number of hydrogen-bond donors (Lipinski definition) is 2. The molecule has 0 bridgehead atoms. The van der Waals surface area contributed by atoms with Crippen LogP contribution in [-0.2, 0) is 12.8 Å². The van der Waals surface area contributed by atoms with Gasteiger partial charge < -0.3 is 19.9 Å². The maximum Gasteiger partial charge on any atom is 0.160 e. The standard InChI is InChI=1S/C18H19I2NO3.ClH/c1-23-17-8-11-3-4-21-15(12(11)9-16(17)22)7-10-5-13(19)18(24-2)14(20)6-10;/h5-6,8-9,15,21-22H,3-4,7H2,1-2H3;1H/t15-;/m0./s1. The van der Waals surface area contributed by atoms with Gasteiger partial charge in [0, 0.05) is 6.04 Å². The van der Waals surface area contributed by atoms with E-state index in [-0.39, 0.29) is 24.2 Å². The fraction of sp³-hybridized carbons (Fsp3) is 0.333. The first kappa shape index (κ1) is 20.9. The molecule has 136 valence electrons. The Morgan fingerprint density at radius 3 is 2.40 bits per heavy atom. The summed E-state index contributed by atoms with van der Waals surface area (Å²) in [6.07, 6.45) is 1.81. The van der Waals surface area contributed by atoms with E-state index in [1.807, 2.05) is 12.1 Å². The average Bonchev–Trinajstić information content (AvgIpc) is 2.54. The van der Waals surface area contributed by atoms with Crippen LogP contribution in [0.5, 0.6) is 17.2 Å². The molecular weight excluding hydrogens is 567 g/mol. The predicted molar refractivity (Wildman–Crippen MR) is 118 cm³/mol. The smallest absolute Gasteiger partial charge is 0.160 e. The Morgan fingerprint density at radius 2 is 1.80 bits per heavy atom. The monoisotopic (exact) mass is 587 g/mol. The fourth-order valence-electron chi connectivity index (χ4n) is 3.17. The van der Waals surface area contributed by atoms with E-state index in [2.05, 4.69) is 62.6 Å². The SMILES string of the molecule is COc1cc2c(cc1O)[C@H](Cc1cc(I)c(OC)c(I)c1)NCC2.Cl. The molecule has 0 spiro atoms. The number of hydrogen-bond acceptors (Lipinski definition) is 4. The van der Waals surface area contributed by atoms with Crippen LogP contribution < -0.4 is 14.8 Å². The van der Waals surface area contributed by atoms with Crippen molar-refractivity contribution in [3.63, 3.8) is 0 Å². The first-order valence-electron chi connectivity index (χ1n) is 7.68. The Kier molecular flexibility index (Phi) is 7.48. The van der Waals surface area contributed by atoms with E-state index < -0.39 is 0 Å². The van der Waals surface area contributed by atoms with E-state index in [0.29, 0.717) is 5.75 Å². The minimum absolute atomic E-state index is 0. The molecule has 4 nitrogen and oxygen atoms in total. The summed E-state index contributed by atoms with van der Waals surface area (Å²) in [6.45, 7) is 0.927. The number of fused-ring (bicyclic) bond motifs is 1. The van der Waals surface area contributed by atoms with Gasteiger partial charge in [0.2, 0.25) is 0 Å². The van der Waals surface area contributed by atoms with Crippen LogP contribution in [0.3, 0.4) is 0 Å². The van der Waals surface area contributed by atoms with Gasteiger partial charge in [0.25, 0.3) is 0 Å². The zero-order valence-corrected chi connectivity index (χ0v) is 19.1. The van der Waals surface area contributed by atoms with E-state index in [0.717, 1.165) is 37.8 Å². The number of rotatable bonds is 4. The molecule has 2 aromatic carbocycles. The number of halogens is 3. The molecule has 0 radical (unpaired) electrons. The third-order valence-corrected chi connectivity index (χ3v) is 5.91. The van der Waals surface area contributed by atoms with Crippen LogP contribution in [0.2, 0.25) is 0 Å². The van der Waals surface area contributed by atoms with Gasteiger partial charge in [0.15, 0.2) is 11.5 Å². The van der Waals surface area contributed by atoms with Crippen LogP contribution in [0.15, 0.2) is 24.3 Å². The molecule has 1 aliphatic rings. The summed E-state index contributed by atoms with van der Waals surface area (Å²) in [6, 6.07) is 8.32. The second kappa shape index (κ2) is 8.96. The lowest BCUT2D eigenvalue weighted by Gasteiger charge is -2.28. The Hall–Kier alpha value is -0.450. The molecule has 1 heterocycles. The summed E-state index contributed by atoms with van der Waals surface area (Å²) in [5, 5.41) is 13.7. The summed E-state index contributed by atoms with van der Waals surface area (Å²) in [5.41, 5.74) is 3.65. The van der Waals surface area contributed by atoms with Gasteiger partial charge in [-0.15, -0.1) is 12.4 Å². The molecule has 0 fully saturated rings. The van der Waals surface area contributed by atoms with Crippen LogP contribution in [0.1, 0.15) is 22.7 Å². The lowest BCUT2D eigenvalue weighted by Crippen LogP contribution is -2.31. The molecule has 1 atom stereocenters. The zero-order chi connectivity index (χ0) is 17.3. The van der Waals surface area contributed by atoms with Crippen molar-refractivity contribution in [2.45, 2.75) is 18.9 Å². The summed E-state index contributed by atoms with van der Waals surface area (Å²) >= 11 is 4.63. The number of nitrogens with one attached hydrogen (secondary N) is 1. The zero-order valence-electron chi connectivity index (χ0n) is 13.9. The van der Waals surface area contributed by atoms with Gasteiger partial charge >= 0.3 is 0 Å².